The molecule has 0 bridgehead atoms. The van der Waals surface area contributed by atoms with Gasteiger partial charge >= 0.3 is 36.0 Å². The van der Waals surface area contributed by atoms with E-state index in [2.05, 4.69) is 42.1 Å². The van der Waals surface area contributed by atoms with Crippen molar-refractivity contribution in [1.29, 1.82) is 0 Å². The molecule has 0 aliphatic heterocycles. The van der Waals surface area contributed by atoms with Crippen molar-refractivity contribution in [2.24, 2.45) is 0 Å². The van der Waals surface area contributed by atoms with Crippen molar-refractivity contribution in [1.82, 2.24) is 19.6 Å². The van der Waals surface area contributed by atoms with E-state index in [1.165, 1.54) is 43.3 Å². The molecule has 0 spiro atoms. The lowest BCUT2D eigenvalue weighted by atomic mass is 9.90. The number of nitrogens with zero attached hydrogens (tertiary/aromatic N) is 4. The summed E-state index contributed by atoms with van der Waals surface area (Å²) in [6.07, 6.45) is -19.3. The quantitative estimate of drug-likeness (QED) is 0.192. The van der Waals surface area contributed by atoms with Gasteiger partial charge in [-0.25, -0.2) is 18.1 Å². The summed E-state index contributed by atoms with van der Waals surface area (Å²) < 4.78 is 185. The monoisotopic (exact) mass is 876 g/mol. The molecule has 0 unspecified atom stereocenters. The van der Waals surface area contributed by atoms with Gasteiger partial charge in [0, 0.05) is 23.5 Å². The van der Waals surface area contributed by atoms with Crippen LogP contribution in [-0.4, -0.2) is 44.3 Å². The van der Waals surface area contributed by atoms with Gasteiger partial charge in [0.2, 0.25) is 0 Å². The van der Waals surface area contributed by atoms with E-state index in [-0.39, 0.29) is 34.6 Å². The number of rotatable bonds is 4. The molecule has 264 valence electrons. The van der Waals surface area contributed by atoms with Crippen molar-refractivity contribution in [3.8, 4) is 11.4 Å². The Morgan fingerprint density at radius 3 is 1.08 bits per heavy atom. The molecule has 0 fully saturated rings. The van der Waals surface area contributed by atoms with E-state index in [9.17, 15) is 61.5 Å². The minimum atomic E-state index is -6.26. The zero-order valence-corrected chi connectivity index (χ0v) is 27.9. The average Bonchev–Trinajstić information content (AvgIpc) is 3.52. The van der Waals surface area contributed by atoms with Crippen LogP contribution in [0, 0.1) is 13.8 Å². The fraction of sp³-hybridized carbons (Fsp3) is 0.308. The van der Waals surface area contributed by atoms with E-state index in [1.54, 1.807) is 0 Å². The topological polar surface area (TPSA) is 35.6 Å². The summed E-state index contributed by atoms with van der Waals surface area (Å²) in [5.41, 5.74) is -14.2. The molecule has 0 aliphatic carbocycles. The number of halogens is 18. The highest BCUT2D eigenvalue weighted by Gasteiger charge is 2.74. The molecule has 4 rings (SSSR count). The van der Waals surface area contributed by atoms with Gasteiger partial charge in [0.25, 0.3) is 0 Å². The van der Waals surface area contributed by atoms with Crippen LogP contribution >= 0.6 is 55.1 Å². The van der Waals surface area contributed by atoms with Gasteiger partial charge in [-0.05, 0) is 69.0 Å². The summed E-state index contributed by atoms with van der Waals surface area (Å²) in [6, 6.07) is 1.52. The highest BCUT2D eigenvalue weighted by atomic mass is 79.9. The Hall–Kier alpha value is -2.58. The van der Waals surface area contributed by atoms with E-state index in [4.69, 9.17) is 23.2 Å². The van der Waals surface area contributed by atoms with Gasteiger partial charge in [0.15, 0.2) is 0 Å². The second-order valence-corrected chi connectivity index (χ2v) is 12.4. The first-order valence-electron chi connectivity index (χ1n) is 12.2. The van der Waals surface area contributed by atoms with Crippen LogP contribution in [0.25, 0.3) is 11.4 Å². The van der Waals surface area contributed by atoms with Crippen LogP contribution in [0.3, 0.4) is 0 Å². The Bertz CT molecular complexity index is 1590. The van der Waals surface area contributed by atoms with Crippen LogP contribution in [0.2, 0.25) is 10.0 Å². The van der Waals surface area contributed by atoms with Crippen LogP contribution in [0.1, 0.15) is 22.3 Å². The molecule has 0 saturated heterocycles. The first-order chi connectivity index (χ1) is 21.6. The van der Waals surface area contributed by atoms with Gasteiger partial charge in [-0.2, -0.15) is 62.9 Å². The molecule has 22 heteroatoms. The molecule has 0 atom stereocenters. The van der Waals surface area contributed by atoms with E-state index in [0.717, 1.165) is 4.68 Å². The Balaban J connectivity index is 0.000000260. The second kappa shape index (κ2) is 13.3. The summed E-state index contributed by atoms with van der Waals surface area (Å²) >= 11 is 17.6. The smallest absolute Gasteiger partial charge is 0.239 e. The van der Waals surface area contributed by atoms with E-state index < -0.39 is 57.2 Å². The van der Waals surface area contributed by atoms with Crippen LogP contribution < -0.4 is 0 Å². The maximum atomic E-state index is 14.2. The maximum absolute atomic E-state index is 14.2. The number of hydrogen-bond donors (Lipinski definition) is 0. The van der Waals surface area contributed by atoms with Crippen molar-refractivity contribution in [3.63, 3.8) is 0 Å². The lowest BCUT2D eigenvalue weighted by Crippen LogP contribution is -2.50. The third-order valence-electron chi connectivity index (χ3n) is 6.43. The molecule has 4 aromatic rings. The molecule has 0 amide bonds. The molecule has 0 saturated carbocycles. The molecular formula is C26H14Br2Cl2F14N4. The summed E-state index contributed by atoms with van der Waals surface area (Å²) in [5.74, 6) is 0. The number of alkyl halides is 14. The zero-order chi connectivity index (χ0) is 37.0. The van der Waals surface area contributed by atoms with Crippen LogP contribution in [0.4, 0.5) is 61.5 Å². The largest absolute Gasteiger partial charge is 0.435 e. The fourth-order valence-corrected chi connectivity index (χ4v) is 5.55. The highest BCUT2D eigenvalue weighted by Crippen LogP contribution is 2.55. The Morgan fingerprint density at radius 1 is 0.521 bits per heavy atom. The first-order valence-corrected chi connectivity index (χ1v) is 14.6. The van der Waals surface area contributed by atoms with Gasteiger partial charge in [0.05, 0.1) is 37.1 Å². The maximum Gasteiger partial charge on any atom is 0.435 e. The standard InChI is InChI=1S/C14H10BrF7N2.C12H4BrCl2F7N2/c1-7-3-9(12(16,13(17,18)19)14(20,21)22)4-8(2)11(7)24-6-10(15)5-23-24;13-6-3-23-24(4-6)9-7(14)1-5(2-8(9)15)10(16,11(17,18)19)12(20,21)22/h3-6H,1-2H3;1-4H. The molecule has 2 heterocycles. The second-order valence-electron chi connectivity index (χ2n) is 9.76. The van der Waals surface area contributed by atoms with Gasteiger partial charge < -0.3 is 0 Å². The Labute approximate surface area is 286 Å². The lowest BCUT2D eigenvalue weighted by Gasteiger charge is -2.31. The van der Waals surface area contributed by atoms with Gasteiger partial charge in [-0.3, -0.25) is 0 Å². The lowest BCUT2D eigenvalue weighted by molar-refractivity contribution is -0.349. The minimum Gasteiger partial charge on any atom is -0.239 e. The Kier molecular flexibility index (Phi) is 11.0. The summed E-state index contributed by atoms with van der Waals surface area (Å²) in [4.78, 5) is 0. The fourth-order valence-electron chi connectivity index (χ4n) is 4.32. The highest BCUT2D eigenvalue weighted by molar-refractivity contribution is 9.10. The first kappa shape index (κ1) is 39.9. The molecule has 0 aliphatic rings. The van der Waals surface area contributed by atoms with E-state index in [1.807, 2.05) is 0 Å². The van der Waals surface area contributed by atoms with Crippen molar-refractivity contribution in [2.75, 3.05) is 0 Å². The average molecular weight is 879 g/mol. The minimum absolute atomic E-state index is 0.0242. The predicted octanol–water partition coefficient (Wildman–Crippen LogP) is 11.8. The zero-order valence-electron chi connectivity index (χ0n) is 23.2. The Morgan fingerprint density at radius 2 is 0.812 bits per heavy atom. The van der Waals surface area contributed by atoms with Crippen LogP contribution in [0.5, 0.6) is 0 Å². The summed E-state index contributed by atoms with van der Waals surface area (Å²) in [5, 5.41) is 6.42. The van der Waals surface area contributed by atoms with Crippen molar-refractivity contribution in [3.05, 3.63) is 90.3 Å². The van der Waals surface area contributed by atoms with E-state index in [0.29, 0.717) is 21.1 Å². The molecule has 2 aromatic carbocycles. The van der Waals surface area contributed by atoms with E-state index >= 15 is 0 Å². The molecular weight excluding hydrogens is 865 g/mol. The third-order valence-corrected chi connectivity index (χ3v) is 7.82. The molecule has 48 heavy (non-hydrogen) atoms. The number of hydrogen-bond acceptors (Lipinski definition) is 2. The molecule has 2 aromatic heterocycles. The summed E-state index contributed by atoms with van der Waals surface area (Å²) in [6.45, 7) is 2.57. The number of aryl methyl sites for hydroxylation is 2. The third kappa shape index (κ3) is 7.31. The summed E-state index contributed by atoms with van der Waals surface area (Å²) in [7, 11) is 0. The number of aromatic nitrogens is 4. The SMILES string of the molecule is Cc1cc(C(F)(C(F)(F)F)C(F)(F)F)cc(C)c1-n1cc(Br)cn1.FC(F)(F)C(F)(c1cc(Cl)c(-n2cc(Br)cn2)c(Cl)c1)C(F)(F)F. The van der Waals surface area contributed by atoms with Gasteiger partial charge in [0.1, 0.15) is 5.69 Å². The molecule has 0 N–H and O–H groups in total. The van der Waals surface area contributed by atoms with Gasteiger partial charge in [-0.1, -0.05) is 35.3 Å². The predicted molar refractivity (Wildman–Crippen MR) is 152 cm³/mol. The van der Waals surface area contributed by atoms with Crippen molar-refractivity contribution >= 4 is 55.1 Å². The van der Waals surface area contributed by atoms with Crippen LogP contribution in [0.15, 0.2) is 58.0 Å². The van der Waals surface area contributed by atoms with Crippen LogP contribution in [-0.2, 0) is 11.3 Å². The normalized spacial score (nSPS) is 13.4. The number of benzene rings is 2. The molecule has 4 nitrogen and oxygen atoms in total. The van der Waals surface area contributed by atoms with Crippen molar-refractivity contribution < 1.29 is 61.5 Å². The molecule has 0 radical (unpaired) electrons. The van der Waals surface area contributed by atoms with Gasteiger partial charge in [-0.15, -0.1) is 0 Å². The van der Waals surface area contributed by atoms with Crippen molar-refractivity contribution in [2.45, 2.75) is 49.9 Å².